The van der Waals surface area contributed by atoms with Crippen LogP contribution in [0.2, 0.25) is 15.1 Å². The van der Waals surface area contributed by atoms with Gasteiger partial charge in [0.25, 0.3) is 0 Å². The fourth-order valence-corrected chi connectivity index (χ4v) is 2.40. The number of amides is 2. The van der Waals surface area contributed by atoms with Gasteiger partial charge in [-0.2, -0.15) is 5.10 Å². The molecule has 12 nitrogen and oxygen atoms in total. The maximum atomic E-state index is 11.6. The van der Waals surface area contributed by atoms with E-state index >= 15 is 0 Å². The predicted molar refractivity (Wildman–Crippen MR) is 92.1 cm³/mol. The maximum absolute atomic E-state index is 11.6. The van der Waals surface area contributed by atoms with Gasteiger partial charge in [0.15, 0.2) is 0 Å². The van der Waals surface area contributed by atoms with Crippen LogP contribution in [0.3, 0.4) is 0 Å². The zero-order valence-corrected chi connectivity index (χ0v) is 15.1. The van der Waals surface area contributed by atoms with Crippen molar-refractivity contribution in [3.8, 4) is 0 Å². The molecule has 0 atom stereocenters. The van der Waals surface area contributed by atoms with E-state index in [2.05, 4.69) is 36.2 Å². The number of benzene rings is 1. The van der Waals surface area contributed by atoms with Crippen molar-refractivity contribution in [1.82, 2.24) is 25.6 Å². The van der Waals surface area contributed by atoms with E-state index in [0.717, 1.165) is 4.80 Å². The van der Waals surface area contributed by atoms with Crippen molar-refractivity contribution in [1.29, 1.82) is 0 Å². The van der Waals surface area contributed by atoms with E-state index in [4.69, 9.17) is 34.8 Å². The number of azo groups is 1. The highest BCUT2D eigenvalue weighted by Gasteiger charge is 2.15. The van der Waals surface area contributed by atoms with Gasteiger partial charge in [0, 0.05) is 10.2 Å². The monoisotopic (exact) mass is 419 g/mol. The standard InChI is InChI=1S/C11H8Cl3N9O3/c1-5(4-22-20-10(17-21-22)23(25)26)15-18-11(24)19-16-9-7(13)2-6(12)3-8(9)14/h2-3H,4H2,1H3,(H,18,24)/b15-5+,19-16?. The number of carbonyl (C=O) groups excluding carboxylic acids is 1. The number of hydrazone groups is 1. The van der Waals surface area contributed by atoms with E-state index in [0.29, 0.717) is 10.7 Å². The fourth-order valence-electron chi connectivity index (χ4n) is 1.51. The highest BCUT2D eigenvalue weighted by Crippen LogP contribution is 2.36. The normalized spacial score (nSPS) is 11.8. The Morgan fingerprint density at radius 2 is 2.00 bits per heavy atom. The van der Waals surface area contributed by atoms with Gasteiger partial charge in [-0.3, -0.25) is 0 Å². The molecule has 0 spiro atoms. The summed E-state index contributed by atoms with van der Waals surface area (Å²) in [5, 5.41) is 31.9. The molecule has 0 saturated heterocycles. The number of hydrogen-bond donors (Lipinski definition) is 1. The molecule has 2 rings (SSSR count). The van der Waals surface area contributed by atoms with Crippen LogP contribution in [0.4, 0.5) is 16.4 Å². The van der Waals surface area contributed by atoms with Crippen LogP contribution in [0.5, 0.6) is 0 Å². The summed E-state index contributed by atoms with van der Waals surface area (Å²) in [5.74, 6) is -0.646. The minimum atomic E-state index is -0.899. The van der Waals surface area contributed by atoms with E-state index in [1.54, 1.807) is 0 Å². The second-order valence-corrected chi connectivity index (χ2v) is 5.81. The second-order valence-electron chi connectivity index (χ2n) is 4.56. The van der Waals surface area contributed by atoms with Crippen LogP contribution >= 0.6 is 34.8 Å². The molecule has 0 fully saturated rings. The minimum Gasteiger partial charge on any atom is -0.390 e. The van der Waals surface area contributed by atoms with Crippen molar-refractivity contribution < 1.29 is 9.72 Å². The molecule has 26 heavy (non-hydrogen) atoms. The van der Waals surface area contributed by atoms with Gasteiger partial charge in [-0.25, -0.2) is 10.2 Å². The molecule has 15 heteroatoms. The van der Waals surface area contributed by atoms with Crippen LogP contribution in [0.15, 0.2) is 27.5 Å². The molecule has 1 aromatic carbocycles. The van der Waals surface area contributed by atoms with Gasteiger partial charge >= 0.3 is 12.0 Å². The quantitative estimate of drug-likeness (QED) is 0.338. The average Bonchev–Trinajstić information content (AvgIpc) is 3.00. The van der Waals surface area contributed by atoms with Crippen molar-refractivity contribution >= 4 is 58.2 Å². The summed E-state index contributed by atoms with van der Waals surface area (Å²) in [6.07, 6.45) is 0. The highest BCUT2D eigenvalue weighted by molar-refractivity contribution is 6.41. The summed E-state index contributed by atoms with van der Waals surface area (Å²) in [6.45, 7) is 1.49. The Morgan fingerprint density at radius 3 is 2.58 bits per heavy atom. The van der Waals surface area contributed by atoms with Gasteiger partial charge in [-0.1, -0.05) is 44.7 Å². The number of tetrazole rings is 1. The zero-order valence-electron chi connectivity index (χ0n) is 12.8. The second kappa shape index (κ2) is 8.60. The van der Waals surface area contributed by atoms with Gasteiger partial charge in [0.1, 0.15) is 12.2 Å². The lowest BCUT2D eigenvalue weighted by atomic mass is 10.3. The lowest BCUT2D eigenvalue weighted by Gasteiger charge is -2.01. The summed E-state index contributed by atoms with van der Waals surface area (Å²) < 4.78 is 0. The molecule has 0 aliphatic heterocycles. The minimum absolute atomic E-state index is 0.0346. The van der Waals surface area contributed by atoms with Crippen LogP contribution in [0.25, 0.3) is 0 Å². The molecule has 0 bridgehead atoms. The molecule has 2 aromatic rings. The molecule has 1 aromatic heterocycles. The number of hydrogen-bond acceptors (Lipinski definition) is 8. The smallest absolute Gasteiger partial charge is 0.390 e. The summed E-state index contributed by atoms with van der Waals surface area (Å²) in [5.41, 5.74) is 2.51. The van der Waals surface area contributed by atoms with E-state index in [9.17, 15) is 14.9 Å². The van der Waals surface area contributed by atoms with Gasteiger partial charge in [0.05, 0.1) is 26.0 Å². The van der Waals surface area contributed by atoms with Crippen molar-refractivity contribution in [3.63, 3.8) is 0 Å². The van der Waals surface area contributed by atoms with Crippen LogP contribution in [0, 0.1) is 10.1 Å². The summed E-state index contributed by atoms with van der Waals surface area (Å²) in [4.78, 5) is 22.2. The molecular weight excluding hydrogens is 413 g/mol. The molecule has 0 radical (unpaired) electrons. The number of aromatic nitrogens is 4. The van der Waals surface area contributed by atoms with Crippen LogP contribution in [-0.2, 0) is 6.54 Å². The van der Waals surface area contributed by atoms with Crippen molar-refractivity contribution in [2.75, 3.05) is 0 Å². The maximum Gasteiger partial charge on any atom is 0.514 e. The number of rotatable bonds is 5. The lowest BCUT2D eigenvalue weighted by Crippen LogP contribution is -2.18. The first kappa shape index (κ1) is 19.6. The number of nitro groups is 1. The van der Waals surface area contributed by atoms with Gasteiger partial charge in [-0.05, 0) is 24.0 Å². The molecule has 1 N–H and O–H groups in total. The zero-order chi connectivity index (χ0) is 19.3. The third-order valence-corrected chi connectivity index (χ3v) is 3.34. The number of urea groups is 1. The van der Waals surface area contributed by atoms with Gasteiger partial charge in [0.2, 0.25) is 0 Å². The van der Waals surface area contributed by atoms with E-state index in [-0.39, 0.29) is 22.3 Å². The Labute approximate surface area is 160 Å². The number of nitrogens with zero attached hydrogens (tertiary/aromatic N) is 8. The Bertz CT molecular complexity index is 888. The van der Waals surface area contributed by atoms with Crippen LogP contribution < -0.4 is 5.43 Å². The molecule has 2 amide bonds. The number of halogens is 3. The first-order chi connectivity index (χ1) is 12.3. The molecule has 0 saturated carbocycles. The van der Waals surface area contributed by atoms with Crippen molar-refractivity contribution in [3.05, 3.63) is 37.3 Å². The Balaban J connectivity index is 1.96. The largest absolute Gasteiger partial charge is 0.514 e. The predicted octanol–water partition coefficient (Wildman–Crippen LogP) is 3.41. The Kier molecular flexibility index (Phi) is 6.49. The number of carbonyl (C=O) groups is 1. The molecule has 0 unspecified atom stereocenters. The fraction of sp³-hybridized carbons (Fsp3) is 0.182. The average molecular weight is 421 g/mol. The van der Waals surface area contributed by atoms with Gasteiger partial charge < -0.3 is 10.1 Å². The molecule has 0 aliphatic carbocycles. The molecule has 0 aliphatic rings. The van der Waals surface area contributed by atoms with Crippen molar-refractivity contribution in [2.24, 2.45) is 15.3 Å². The molecule has 136 valence electrons. The lowest BCUT2D eigenvalue weighted by molar-refractivity contribution is -0.394. The van der Waals surface area contributed by atoms with Crippen LogP contribution in [0.1, 0.15) is 6.92 Å². The molecular formula is C11H8Cl3N9O3. The number of nitrogens with one attached hydrogen (secondary N) is 1. The first-order valence-electron chi connectivity index (χ1n) is 6.58. The summed E-state index contributed by atoms with van der Waals surface area (Å²) >= 11 is 17.6. The summed E-state index contributed by atoms with van der Waals surface area (Å²) in [6, 6.07) is 1.89. The van der Waals surface area contributed by atoms with Gasteiger partial charge in [-0.15, -0.1) is 5.11 Å². The topological polar surface area (TPSA) is 153 Å². The highest BCUT2D eigenvalue weighted by atomic mass is 35.5. The SMILES string of the molecule is C/C(Cn1nnc([N+](=O)[O-])n1)=N\NC(=O)N=Nc1c(Cl)cc(Cl)cc1Cl. The Hall–Kier alpha value is -2.70. The summed E-state index contributed by atoms with van der Waals surface area (Å²) in [7, 11) is 0. The third kappa shape index (κ3) is 5.40. The third-order valence-electron chi connectivity index (χ3n) is 2.54. The Morgan fingerprint density at radius 1 is 1.35 bits per heavy atom. The van der Waals surface area contributed by atoms with E-state index in [1.165, 1.54) is 19.1 Å². The molecule has 1 heterocycles. The van der Waals surface area contributed by atoms with Crippen LogP contribution in [-0.4, -0.2) is 36.9 Å². The first-order valence-corrected chi connectivity index (χ1v) is 7.71. The van der Waals surface area contributed by atoms with E-state index < -0.39 is 16.9 Å². The van der Waals surface area contributed by atoms with Crippen molar-refractivity contribution in [2.45, 2.75) is 13.5 Å². The van der Waals surface area contributed by atoms with E-state index in [1.807, 2.05) is 0 Å².